The fourth-order valence-electron chi connectivity index (χ4n) is 1.25. The Kier molecular flexibility index (Phi) is 4.86. The normalized spacial score (nSPS) is 9.18. The minimum atomic E-state index is -0.415. The Hall–Kier alpha value is -1.67. The van der Waals surface area contributed by atoms with Crippen LogP contribution in [0, 0.1) is 6.07 Å². The summed E-state index contributed by atoms with van der Waals surface area (Å²) >= 11 is 0. The van der Waals surface area contributed by atoms with Gasteiger partial charge in [-0.3, -0.25) is 0 Å². The molecule has 2 aromatic rings. The average molecular weight is 314 g/mol. The predicted octanol–water partition coefficient (Wildman–Crippen LogP) is 3.04. The van der Waals surface area contributed by atoms with Crippen LogP contribution in [0.2, 0.25) is 0 Å². The molecule has 87 valence electrons. The zero-order valence-electron chi connectivity index (χ0n) is 8.75. The smallest absolute Gasteiger partial charge is 0.665 e. The molecule has 1 N–H and O–H groups in total. The van der Waals surface area contributed by atoms with Crippen molar-refractivity contribution in [1.29, 1.82) is 0 Å². The Bertz CT molecular complexity index is 500. The van der Waals surface area contributed by atoms with Crippen LogP contribution in [0.15, 0.2) is 48.5 Å². The number of amides is 1. The third-order valence-electron chi connectivity index (χ3n) is 2.04. The molecule has 0 aliphatic rings. The molecule has 0 saturated heterocycles. The third kappa shape index (κ3) is 3.40. The number of carbonyl (C=O) groups excluding carboxylic acids is 1. The minimum Gasteiger partial charge on any atom is -0.665 e. The second kappa shape index (κ2) is 6.16. The zero-order chi connectivity index (χ0) is 11.4. The number of hydrogen-bond donors (Lipinski definition) is 1. The average Bonchev–Trinajstić information content (AvgIpc) is 2.33. The van der Waals surface area contributed by atoms with E-state index >= 15 is 0 Å². The van der Waals surface area contributed by atoms with Crippen molar-refractivity contribution in [2.75, 3.05) is 0 Å². The monoisotopic (exact) mass is 314 g/mol. The summed E-state index contributed by atoms with van der Waals surface area (Å²) in [7, 11) is 0. The number of benzene rings is 2. The van der Waals surface area contributed by atoms with Crippen molar-refractivity contribution in [2.24, 2.45) is 0 Å². The summed E-state index contributed by atoms with van der Waals surface area (Å²) in [5.74, 6) is -0.422. The standard InChI is InChI=1S/C13H10NO2.Rh/c15-12-9-5-4-8-11(12)14-13(16)10-6-2-1-3-7-10;/h1-6,8-9H,(H2,14,15,16);/q-1;+2/p-1. The van der Waals surface area contributed by atoms with E-state index in [4.69, 9.17) is 0 Å². The number of aromatic hydroxyl groups is 1. The van der Waals surface area contributed by atoms with Gasteiger partial charge in [-0.25, -0.2) is 0 Å². The molecule has 2 aromatic carbocycles. The predicted molar refractivity (Wildman–Crippen MR) is 60.7 cm³/mol. The Morgan fingerprint density at radius 2 is 1.82 bits per heavy atom. The van der Waals surface area contributed by atoms with Crippen LogP contribution in [0.5, 0.6) is 5.75 Å². The first-order valence-corrected chi connectivity index (χ1v) is 4.78. The van der Waals surface area contributed by atoms with Crippen molar-refractivity contribution in [2.45, 2.75) is 0 Å². The van der Waals surface area contributed by atoms with Gasteiger partial charge in [0.1, 0.15) is 0 Å². The number of hydrogen-bond acceptors (Lipinski definition) is 2. The molecule has 0 bridgehead atoms. The minimum absolute atomic E-state index is 0. The third-order valence-corrected chi connectivity index (χ3v) is 2.04. The van der Waals surface area contributed by atoms with E-state index in [1.54, 1.807) is 42.5 Å². The van der Waals surface area contributed by atoms with Crippen LogP contribution in [-0.2, 0) is 19.5 Å². The summed E-state index contributed by atoms with van der Waals surface area (Å²) in [5.41, 5.74) is 0.649. The quantitative estimate of drug-likeness (QED) is 0.684. The van der Waals surface area contributed by atoms with Crippen molar-refractivity contribution in [3.05, 3.63) is 65.5 Å². The van der Waals surface area contributed by atoms with Crippen molar-refractivity contribution < 1.29 is 29.4 Å². The SMILES string of the molecule is O=C([N-]c1ccccc1O)c1[c-]cccc1.[Rh+2]. The molecule has 0 heterocycles. The number of para-hydroxylation sites is 2. The van der Waals surface area contributed by atoms with Crippen LogP contribution in [0.1, 0.15) is 10.4 Å². The van der Waals surface area contributed by atoms with E-state index in [0.717, 1.165) is 0 Å². The number of phenols is 1. The Morgan fingerprint density at radius 3 is 2.47 bits per heavy atom. The molecule has 0 atom stereocenters. The molecule has 0 fully saturated rings. The fraction of sp³-hybridized carbons (Fsp3) is 0. The van der Waals surface area contributed by atoms with Crippen LogP contribution >= 0.6 is 0 Å². The van der Waals surface area contributed by atoms with Gasteiger partial charge in [0.2, 0.25) is 0 Å². The first-order chi connectivity index (χ1) is 7.77. The Balaban J connectivity index is 0.00000144. The van der Waals surface area contributed by atoms with Gasteiger partial charge in [0.15, 0.2) is 0 Å². The summed E-state index contributed by atoms with van der Waals surface area (Å²) in [6.45, 7) is 0. The molecule has 0 unspecified atom stereocenters. The van der Waals surface area contributed by atoms with E-state index in [2.05, 4.69) is 11.4 Å². The molecule has 1 amide bonds. The van der Waals surface area contributed by atoms with E-state index < -0.39 is 5.91 Å². The van der Waals surface area contributed by atoms with Gasteiger partial charge < -0.3 is 15.2 Å². The van der Waals surface area contributed by atoms with E-state index in [0.29, 0.717) is 5.56 Å². The summed E-state index contributed by atoms with van der Waals surface area (Å²) in [6, 6.07) is 16.0. The van der Waals surface area contributed by atoms with Gasteiger partial charge in [-0.15, -0.1) is 35.9 Å². The van der Waals surface area contributed by atoms with Crippen LogP contribution in [0.3, 0.4) is 0 Å². The Morgan fingerprint density at radius 1 is 1.12 bits per heavy atom. The molecule has 2 rings (SSSR count). The molecule has 0 aliphatic carbocycles. The summed E-state index contributed by atoms with van der Waals surface area (Å²) in [5, 5.41) is 13.3. The second-order valence-electron chi connectivity index (χ2n) is 3.18. The molecule has 3 nitrogen and oxygen atoms in total. The van der Waals surface area contributed by atoms with E-state index in [1.165, 1.54) is 6.07 Å². The molecular weight excluding hydrogens is 305 g/mol. The molecule has 17 heavy (non-hydrogen) atoms. The van der Waals surface area contributed by atoms with Gasteiger partial charge in [0, 0.05) is 0 Å². The summed E-state index contributed by atoms with van der Waals surface area (Å²) in [6.07, 6.45) is 0. The van der Waals surface area contributed by atoms with Crippen molar-refractivity contribution in [3.8, 4) is 5.75 Å². The largest absolute Gasteiger partial charge is 2.00 e. The van der Waals surface area contributed by atoms with Crippen LogP contribution < -0.4 is 0 Å². The first kappa shape index (κ1) is 13.4. The van der Waals surface area contributed by atoms with Gasteiger partial charge in [0.25, 0.3) is 0 Å². The maximum absolute atomic E-state index is 11.7. The second-order valence-corrected chi connectivity index (χ2v) is 3.18. The molecule has 4 heteroatoms. The fourth-order valence-corrected chi connectivity index (χ4v) is 1.25. The topological polar surface area (TPSA) is 51.4 Å². The molecular formula is C13H9NO2Rh. The van der Waals surface area contributed by atoms with Gasteiger partial charge in [-0.1, -0.05) is 23.9 Å². The molecule has 0 aliphatic heterocycles. The number of phenolic OH excluding ortho intramolecular Hbond substituents is 1. The summed E-state index contributed by atoms with van der Waals surface area (Å²) < 4.78 is 0. The van der Waals surface area contributed by atoms with E-state index in [1.807, 2.05) is 0 Å². The van der Waals surface area contributed by atoms with Crippen LogP contribution in [0.4, 0.5) is 5.69 Å². The maximum atomic E-state index is 11.7. The molecule has 1 radical (unpaired) electrons. The van der Waals surface area contributed by atoms with Crippen molar-refractivity contribution in [3.63, 3.8) is 0 Å². The Labute approximate surface area is 112 Å². The van der Waals surface area contributed by atoms with Gasteiger partial charge in [-0.05, 0) is 12.0 Å². The first-order valence-electron chi connectivity index (χ1n) is 4.78. The van der Waals surface area contributed by atoms with E-state index in [9.17, 15) is 9.90 Å². The molecule has 0 spiro atoms. The van der Waals surface area contributed by atoms with Gasteiger partial charge in [-0.2, -0.15) is 0 Å². The van der Waals surface area contributed by atoms with Gasteiger partial charge in [0.05, 0.1) is 5.75 Å². The molecule has 0 aromatic heterocycles. The number of carbonyl (C=O) groups is 1. The van der Waals surface area contributed by atoms with Crippen LogP contribution in [-0.4, -0.2) is 11.0 Å². The number of nitrogens with zero attached hydrogens (tertiary/aromatic N) is 1. The van der Waals surface area contributed by atoms with E-state index in [-0.39, 0.29) is 30.9 Å². The number of rotatable bonds is 2. The zero-order valence-corrected chi connectivity index (χ0v) is 10.4. The summed E-state index contributed by atoms with van der Waals surface area (Å²) in [4.78, 5) is 11.7. The van der Waals surface area contributed by atoms with Gasteiger partial charge >= 0.3 is 19.5 Å². The van der Waals surface area contributed by atoms with Crippen molar-refractivity contribution in [1.82, 2.24) is 0 Å². The maximum Gasteiger partial charge on any atom is 2.00 e. The van der Waals surface area contributed by atoms with Crippen LogP contribution in [0.25, 0.3) is 5.32 Å². The van der Waals surface area contributed by atoms with Crippen molar-refractivity contribution >= 4 is 11.6 Å². The molecule has 0 saturated carbocycles.